The summed E-state index contributed by atoms with van der Waals surface area (Å²) < 4.78 is 53.8. The van der Waals surface area contributed by atoms with Crippen molar-refractivity contribution in [1.29, 1.82) is 0 Å². The average molecular weight is 671 g/mol. The van der Waals surface area contributed by atoms with E-state index in [1.54, 1.807) is 0 Å². The van der Waals surface area contributed by atoms with E-state index in [-0.39, 0.29) is 41.1 Å². The van der Waals surface area contributed by atoms with Gasteiger partial charge in [-0.3, -0.25) is 9.05 Å². The molecule has 0 heterocycles. The Morgan fingerprint density at radius 2 is 1.20 bits per heavy atom. The van der Waals surface area contributed by atoms with Crippen molar-refractivity contribution in [2.75, 3.05) is 75.9 Å². The molecule has 16 heteroatoms. The highest BCUT2D eigenvalue weighted by molar-refractivity contribution is 7.47. The summed E-state index contributed by atoms with van der Waals surface area (Å²) >= 11 is 0. The van der Waals surface area contributed by atoms with Crippen LogP contribution in [0.3, 0.4) is 0 Å². The molecule has 2 rings (SSSR count). The number of benzene rings is 2. The molecular formula is C30H41NO14P+. The van der Waals surface area contributed by atoms with Crippen LogP contribution < -0.4 is 18.9 Å². The number of phenolic OH excluding ortho intramolecular Hbond substituents is 2. The number of carbonyl (C=O) groups excluding carboxylic acids is 2. The molecule has 0 spiro atoms. The summed E-state index contributed by atoms with van der Waals surface area (Å²) in [5, 5.41) is 20.2. The third kappa shape index (κ3) is 12.6. The number of quaternary nitrogens is 1. The van der Waals surface area contributed by atoms with Crippen molar-refractivity contribution in [2.24, 2.45) is 0 Å². The standard InChI is InChI=1S/C30H40NO14P/c1-31(2,3)12-13-43-46(36,37)44-19-22(45-28(33)11-9-21-16-25(40-6)30(35)26(17-21)41-7)18-42-27(32)10-8-20-14-23(38-4)29(34)24(15-20)39-5/h8-11,14-17,22H,12-13,18-19H2,1-7H3,(H2-,32,33,34,35,36,37)/p+1/t22-/m1/s1. The number of hydrogen-bond acceptors (Lipinski definition) is 13. The van der Waals surface area contributed by atoms with Gasteiger partial charge in [-0.05, 0) is 47.5 Å². The highest BCUT2D eigenvalue weighted by Crippen LogP contribution is 2.43. The summed E-state index contributed by atoms with van der Waals surface area (Å²) in [7, 11) is 6.47. The van der Waals surface area contributed by atoms with E-state index in [4.69, 9.17) is 37.5 Å². The zero-order chi connectivity index (χ0) is 34.5. The van der Waals surface area contributed by atoms with Crippen LogP contribution in [0.2, 0.25) is 0 Å². The number of aromatic hydroxyl groups is 2. The van der Waals surface area contributed by atoms with Gasteiger partial charge in [0.05, 0.1) is 56.2 Å². The van der Waals surface area contributed by atoms with E-state index >= 15 is 0 Å². The molecule has 0 aliphatic carbocycles. The number of hydrogen-bond donors (Lipinski definition) is 3. The molecule has 0 fully saturated rings. The zero-order valence-electron chi connectivity index (χ0n) is 26.8. The number of ether oxygens (including phenoxy) is 6. The van der Waals surface area contributed by atoms with Crippen LogP contribution in [0.1, 0.15) is 11.1 Å². The lowest BCUT2D eigenvalue weighted by molar-refractivity contribution is -0.870. The van der Waals surface area contributed by atoms with Crippen molar-refractivity contribution in [3.8, 4) is 34.5 Å². The topological polar surface area (TPSA) is 186 Å². The molecule has 0 bridgehead atoms. The van der Waals surface area contributed by atoms with E-state index in [0.29, 0.717) is 22.2 Å². The third-order valence-electron chi connectivity index (χ3n) is 5.96. The second kappa shape index (κ2) is 17.4. The Morgan fingerprint density at radius 1 is 0.761 bits per heavy atom. The van der Waals surface area contributed by atoms with Gasteiger partial charge < -0.3 is 48.0 Å². The average Bonchev–Trinajstić information content (AvgIpc) is 3.00. The fourth-order valence-electron chi connectivity index (χ4n) is 3.54. The Hall–Kier alpha value is -4.27. The number of likely N-dealkylation sites (N-methyl/N-ethyl adjacent to an activating group) is 1. The number of methoxy groups -OCH3 is 4. The maximum Gasteiger partial charge on any atom is 0.472 e. The van der Waals surface area contributed by atoms with E-state index in [2.05, 4.69) is 0 Å². The van der Waals surface area contributed by atoms with Crippen LogP contribution in [-0.2, 0) is 32.7 Å². The molecule has 0 aliphatic rings. The Bertz CT molecular complexity index is 1400. The molecule has 254 valence electrons. The first-order chi connectivity index (χ1) is 21.6. The molecule has 2 aromatic carbocycles. The van der Waals surface area contributed by atoms with Crippen molar-refractivity contribution >= 4 is 31.9 Å². The number of phosphoric acid groups is 1. The monoisotopic (exact) mass is 670 g/mol. The van der Waals surface area contributed by atoms with Crippen LogP contribution in [-0.4, -0.2) is 114 Å². The molecule has 2 atom stereocenters. The maximum absolute atomic E-state index is 12.7. The highest BCUT2D eigenvalue weighted by Gasteiger charge is 2.26. The van der Waals surface area contributed by atoms with E-state index in [1.807, 2.05) is 21.1 Å². The fraction of sp³-hybridized carbons (Fsp3) is 0.400. The summed E-state index contributed by atoms with van der Waals surface area (Å²) in [6, 6.07) is 5.82. The lowest BCUT2D eigenvalue weighted by Crippen LogP contribution is -2.37. The quantitative estimate of drug-likeness (QED) is 0.0909. The van der Waals surface area contributed by atoms with Gasteiger partial charge in [-0.25, -0.2) is 14.2 Å². The van der Waals surface area contributed by atoms with Crippen molar-refractivity contribution in [1.82, 2.24) is 0 Å². The largest absolute Gasteiger partial charge is 0.502 e. The molecule has 2 aromatic rings. The van der Waals surface area contributed by atoms with E-state index in [9.17, 15) is 29.3 Å². The Morgan fingerprint density at radius 3 is 1.61 bits per heavy atom. The van der Waals surface area contributed by atoms with Gasteiger partial charge >= 0.3 is 19.8 Å². The van der Waals surface area contributed by atoms with Gasteiger partial charge in [0.25, 0.3) is 0 Å². The minimum absolute atomic E-state index is 0.0867. The van der Waals surface area contributed by atoms with Crippen molar-refractivity contribution < 1.29 is 71.2 Å². The number of carbonyl (C=O) groups is 2. The smallest absolute Gasteiger partial charge is 0.472 e. The fourth-order valence-corrected chi connectivity index (χ4v) is 4.28. The SMILES string of the molecule is COc1cc(C=CC(=O)OC[C@H](COP(=O)(O)OCC[N+](C)(C)C)OC(=O)C=Cc2cc(OC)c(O)c(OC)c2)cc(OC)c1O. The number of phenols is 2. The van der Waals surface area contributed by atoms with Crippen molar-refractivity contribution in [3.05, 3.63) is 47.5 Å². The van der Waals surface area contributed by atoms with Crippen LogP contribution in [0, 0.1) is 0 Å². The van der Waals surface area contributed by atoms with Crippen molar-refractivity contribution in [2.45, 2.75) is 6.10 Å². The van der Waals surface area contributed by atoms with Gasteiger partial charge in [0.1, 0.15) is 19.8 Å². The van der Waals surface area contributed by atoms with Gasteiger partial charge in [-0.15, -0.1) is 0 Å². The van der Waals surface area contributed by atoms with Gasteiger partial charge in [-0.2, -0.15) is 0 Å². The molecule has 0 saturated carbocycles. The first kappa shape index (κ1) is 37.9. The highest BCUT2D eigenvalue weighted by atomic mass is 31.2. The maximum atomic E-state index is 12.7. The molecule has 46 heavy (non-hydrogen) atoms. The molecule has 1 unspecified atom stereocenters. The molecule has 0 aliphatic heterocycles. The van der Waals surface area contributed by atoms with E-state index in [0.717, 1.165) is 12.2 Å². The molecule has 0 amide bonds. The number of nitrogens with zero attached hydrogens (tertiary/aromatic N) is 1. The first-order valence-electron chi connectivity index (χ1n) is 13.7. The second-order valence-corrected chi connectivity index (χ2v) is 12.0. The summed E-state index contributed by atoms with van der Waals surface area (Å²) in [5.74, 6) is -1.76. The molecule has 15 nitrogen and oxygen atoms in total. The summed E-state index contributed by atoms with van der Waals surface area (Å²) in [4.78, 5) is 35.3. The second-order valence-electron chi connectivity index (χ2n) is 10.5. The van der Waals surface area contributed by atoms with Crippen LogP contribution in [0.15, 0.2) is 36.4 Å². The molecule has 3 N–H and O–H groups in total. The van der Waals surface area contributed by atoms with Crippen LogP contribution in [0.4, 0.5) is 0 Å². The lowest BCUT2D eigenvalue weighted by atomic mass is 10.1. The van der Waals surface area contributed by atoms with Crippen LogP contribution >= 0.6 is 7.82 Å². The van der Waals surface area contributed by atoms with E-state index < -0.39 is 39.1 Å². The number of rotatable bonds is 18. The number of esters is 2. The molecule has 0 radical (unpaired) electrons. The predicted octanol–water partition coefficient (Wildman–Crippen LogP) is 3.15. The molecule has 0 aromatic heterocycles. The van der Waals surface area contributed by atoms with Crippen molar-refractivity contribution in [3.63, 3.8) is 0 Å². The normalized spacial score (nSPS) is 13.7. The molecule has 0 saturated heterocycles. The Kier molecular flexibility index (Phi) is 14.4. The van der Waals surface area contributed by atoms with Gasteiger partial charge in [0.15, 0.2) is 29.1 Å². The Labute approximate surface area is 267 Å². The van der Waals surface area contributed by atoms with Crippen LogP contribution in [0.25, 0.3) is 12.2 Å². The third-order valence-corrected chi connectivity index (χ3v) is 6.95. The van der Waals surface area contributed by atoms with E-state index in [1.165, 1.54) is 64.9 Å². The van der Waals surface area contributed by atoms with Crippen LogP contribution in [0.5, 0.6) is 34.5 Å². The van der Waals surface area contributed by atoms with Gasteiger partial charge in [0, 0.05) is 12.2 Å². The van der Waals surface area contributed by atoms with Gasteiger partial charge in [-0.1, -0.05) is 0 Å². The Balaban J connectivity index is 2.15. The number of phosphoric ester groups is 1. The van der Waals surface area contributed by atoms with Gasteiger partial charge in [0.2, 0.25) is 11.5 Å². The summed E-state index contributed by atoms with van der Waals surface area (Å²) in [6.45, 7) is -0.879. The molecular weight excluding hydrogens is 629 g/mol. The minimum Gasteiger partial charge on any atom is -0.502 e. The summed E-state index contributed by atoms with van der Waals surface area (Å²) in [5.41, 5.74) is 0.857. The predicted molar refractivity (Wildman–Crippen MR) is 166 cm³/mol. The zero-order valence-corrected chi connectivity index (χ0v) is 27.6. The minimum atomic E-state index is -4.55. The first-order valence-corrected chi connectivity index (χ1v) is 15.2. The summed E-state index contributed by atoms with van der Waals surface area (Å²) in [6.07, 6.45) is 3.51. The lowest BCUT2D eigenvalue weighted by Gasteiger charge is -2.24.